The molecule has 0 aliphatic heterocycles. The van der Waals surface area contributed by atoms with Gasteiger partial charge in [-0.2, -0.15) is 0 Å². The smallest absolute Gasteiger partial charge is 0.407 e. The number of nitrogens with two attached hydrogens (primary N) is 1. The number of rotatable bonds is 14. The van der Waals surface area contributed by atoms with E-state index in [1.807, 2.05) is 0 Å². The van der Waals surface area contributed by atoms with Gasteiger partial charge < -0.3 is 30.6 Å². The van der Waals surface area contributed by atoms with Gasteiger partial charge in [-0.25, -0.2) is 9.59 Å². The lowest BCUT2D eigenvalue weighted by Gasteiger charge is -2.23. The summed E-state index contributed by atoms with van der Waals surface area (Å²) in [6, 6.07) is -1.19. The Bertz CT molecular complexity index is 645. The average molecular weight is 490 g/mol. The standard InChI is InChI=1S/C22H43N3O7Si/c1-22(2,3)32-18(26)12-11-16(25-21(29)31-14-15-33(5,6)7)19(27)24-17(20(28)30-4)10-8-9-13-23/h16-17H,8-15,23H2,1-7H3,(H,24,27)(H,25,29). The predicted molar refractivity (Wildman–Crippen MR) is 128 cm³/mol. The van der Waals surface area contributed by atoms with Crippen molar-refractivity contribution in [3.8, 4) is 0 Å². The van der Waals surface area contributed by atoms with Crippen LogP contribution in [0.2, 0.25) is 25.7 Å². The highest BCUT2D eigenvalue weighted by molar-refractivity contribution is 6.76. The number of esters is 2. The van der Waals surface area contributed by atoms with Gasteiger partial charge in [0.05, 0.1) is 13.7 Å². The van der Waals surface area contributed by atoms with Gasteiger partial charge in [0.15, 0.2) is 0 Å². The summed E-state index contributed by atoms with van der Waals surface area (Å²) in [7, 11) is -0.165. The molecular weight excluding hydrogens is 446 g/mol. The molecule has 0 aromatic heterocycles. The zero-order valence-electron chi connectivity index (χ0n) is 21.2. The van der Waals surface area contributed by atoms with Crippen LogP contribution in [0.25, 0.3) is 0 Å². The zero-order chi connectivity index (χ0) is 25.7. The first-order valence-electron chi connectivity index (χ1n) is 11.4. The number of alkyl carbamates (subject to hydrolysis) is 1. The lowest BCUT2D eigenvalue weighted by Crippen LogP contribution is -2.52. The zero-order valence-corrected chi connectivity index (χ0v) is 22.2. The molecule has 0 aliphatic rings. The molecule has 33 heavy (non-hydrogen) atoms. The predicted octanol–water partition coefficient (Wildman–Crippen LogP) is 2.33. The summed E-state index contributed by atoms with van der Waals surface area (Å²) in [5.41, 5.74) is 4.83. The highest BCUT2D eigenvalue weighted by Crippen LogP contribution is 2.12. The fourth-order valence-electron chi connectivity index (χ4n) is 2.71. The van der Waals surface area contributed by atoms with Gasteiger partial charge in [-0.1, -0.05) is 19.6 Å². The van der Waals surface area contributed by atoms with Crippen LogP contribution in [-0.2, 0) is 28.6 Å². The number of carbonyl (C=O) groups excluding carboxylic acids is 4. The Labute approximate surface area is 198 Å². The van der Waals surface area contributed by atoms with Crippen molar-refractivity contribution in [3.05, 3.63) is 0 Å². The molecule has 0 radical (unpaired) electrons. The van der Waals surface area contributed by atoms with E-state index >= 15 is 0 Å². The Balaban J connectivity index is 5.21. The Morgan fingerprint density at radius 3 is 2.12 bits per heavy atom. The van der Waals surface area contributed by atoms with Crippen LogP contribution in [0.15, 0.2) is 0 Å². The van der Waals surface area contributed by atoms with E-state index in [1.54, 1.807) is 20.8 Å². The van der Waals surface area contributed by atoms with Gasteiger partial charge in [-0.15, -0.1) is 0 Å². The van der Waals surface area contributed by atoms with E-state index < -0.39 is 49.7 Å². The summed E-state index contributed by atoms with van der Waals surface area (Å²) in [5.74, 6) is -1.70. The van der Waals surface area contributed by atoms with Crippen molar-refractivity contribution in [2.24, 2.45) is 5.73 Å². The van der Waals surface area contributed by atoms with E-state index in [1.165, 1.54) is 7.11 Å². The van der Waals surface area contributed by atoms with Gasteiger partial charge in [-0.3, -0.25) is 9.59 Å². The summed E-state index contributed by atoms with van der Waals surface area (Å²) in [5, 5.41) is 5.13. The summed E-state index contributed by atoms with van der Waals surface area (Å²) < 4.78 is 15.3. The van der Waals surface area contributed by atoms with E-state index in [9.17, 15) is 19.2 Å². The van der Waals surface area contributed by atoms with E-state index in [0.29, 0.717) is 25.8 Å². The monoisotopic (exact) mass is 489 g/mol. The number of nitrogens with one attached hydrogen (secondary N) is 2. The van der Waals surface area contributed by atoms with Crippen molar-refractivity contribution in [2.45, 2.75) is 96.2 Å². The quantitative estimate of drug-likeness (QED) is 0.146. The van der Waals surface area contributed by atoms with Crippen molar-refractivity contribution in [2.75, 3.05) is 20.3 Å². The van der Waals surface area contributed by atoms with Crippen molar-refractivity contribution in [1.29, 1.82) is 0 Å². The highest BCUT2D eigenvalue weighted by Gasteiger charge is 2.29. The van der Waals surface area contributed by atoms with Gasteiger partial charge in [0.2, 0.25) is 5.91 Å². The number of amides is 2. The molecule has 192 valence electrons. The summed E-state index contributed by atoms with van der Waals surface area (Å²) in [4.78, 5) is 49.4. The number of hydrogen-bond donors (Lipinski definition) is 3. The maximum Gasteiger partial charge on any atom is 0.407 e. The van der Waals surface area contributed by atoms with Crippen LogP contribution in [0.5, 0.6) is 0 Å². The number of carbonyl (C=O) groups is 4. The lowest BCUT2D eigenvalue weighted by molar-refractivity contribution is -0.155. The molecular formula is C22H43N3O7Si. The van der Waals surface area contributed by atoms with E-state index in [4.69, 9.17) is 19.9 Å². The molecule has 0 bridgehead atoms. The van der Waals surface area contributed by atoms with Crippen LogP contribution >= 0.6 is 0 Å². The van der Waals surface area contributed by atoms with Crippen molar-refractivity contribution in [1.82, 2.24) is 10.6 Å². The third-order valence-electron chi connectivity index (χ3n) is 4.50. The van der Waals surface area contributed by atoms with Crippen LogP contribution in [0.1, 0.15) is 52.9 Å². The number of hydrogen-bond acceptors (Lipinski definition) is 8. The number of ether oxygens (including phenoxy) is 3. The molecule has 11 heteroatoms. The lowest BCUT2D eigenvalue weighted by atomic mass is 10.1. The second-order valence-corrected chi connectivity index (χ2v) is 15.8. The fraction of sp³-hybridized carbons (Fsp3) is 0.818. The van der Waals surface area contributed by atoms with Crippen LogP contribution in [0, 0.1) is 0 Å². The van der Waals surface area contributed by atoms with Crippen molar-refractivity contribution in [3.63, 3.8) is 0 Å². The van der Waals surface area contributed by atoms with Gasteiger partial charge in [-0.05, 0) is 59.0 Å². The second kappa shape index (κ2) is 14.9. The highest BCUT2D eigenvalue weighted by atomic mass is 28.3. The normalized spacial score (nSPS) is 13.5. The van der Waals surface area contributed by atoms with E-state index in [0.717, 1.165) is 6.04 Å². The molecule has 0 saturated heterocycles. The van der Waals surface area contributed by atoms with E-state index in [-0.39, 0.29) is 19.4 Å². The molecule has 10 nitrogen and oxygen atoms in total. The van der Waals surface area contributed by atoms with Crippen LogP contribution in [-0.4, -0.2) is 70.0 Å². The molecule has 0 spiro atoms. The molecule has 0 heterocycles. The average Bonchev–Trinajstić information content (AvgIpc) is 2.67. The van der Waals surface area contributed by atoms with Crippen LogP contribution < -0.4 is 16.4 Å². The first-order valence-corrected chi connectivity index (χ1v) is 15.1. The van der Waals surface area contributed by atoms with E-state index in [2.05, 4.69) is 30.3 Å². The molecule has 0 saturated carbocycles. The fourth-order valence-corrected chi connectivity index (χ4v) is 3.43. The topological polar surface area (TPSA) is 146 Å². The van der Waals surface area contributed by atoms with Gasteiger partial charge in [0, 0.05) is 14.5 Å². The molecule has 0 fully saturated rings. The maximum atomic E-state index is 12.9. The molecule has 0 aliphatic carbocycles. The third kappa shape index (κ3) is 16.2. The van der Waals surface area contributed by atoms with Crippen molar-refractivity contribution >= 4 is 32.0 Å². The second-order valence-electron chi connectivity index (χ2n) is 10.1. The molecule has 2 amide bonds. The Morgan fingerprint density at radius 2 is 1.61 bits per heavy atom. The SMILES string of the molecule is COC(=O)C(CCCCN)NC(=O)C(CCC(=O)OC(C)(C)C)NC(=O)OCC[Si](C)(C)C. The molecule has 0 rings (SSSR count). The first-order chi connectivity index (χ1) is 15.2. The minimum Gasteiger partial charge on any atom is -0.467 e. The van der Waals surface area contributed by atoms with Crippen LogP contribution in [0.4, 0.5) is 4.79 Å². The molecule has 2 unspecified atom stereocenters. The minimum absolute atomic E-state index is 0.0133. The molecule has 0 aromatic rings. The number of methoxy groups -OCH3 is 1. The maximum absolute atomic E-state index is 12.9. The first kappa shape index (κ1) is 30.9. The number of unbranched alkanes of at least 4 members (excludes halogenated alkanes) is 1. The summed E-state index contributed by atoms with van der Waals surface area (Å²) in [6.45, 7) is 12.4. The Kier molecular flexibility index (Phi) is 13.9. The van der Waals surface area contributed by atoms with Gasteiger partial charge >= 0.3 is 18.0 Å². The van der Waals surface area contributed by atoms with Gasteiger partial charge in [0.25, 0.3) is 0 Å². The van der Waals surface area contributed by atoms with Crippen LogP contribution in [0.3, 0.4) is 0 Å². The molecule has 2 atom stereocenters. The Hall–Kier alpha value is -2.14. The largest absolute Gasteiger partial charge is 0.467 e. The molecule has 0 aromatic carbocycles. The minimum atomic E-state index is -1.40. The van der Waals surface area contributed by atoms with Gasteiger partial charge in [0.1, 0.15) is 17.7 Å². The molecule has 4 N–H and O–H groups in total. The summed E-state index contributed by atoms with van der Waals surface area (Å²) >= 11 is 0. The Morgan fingerprint density at radius 1 is 0.970 bits per heavy atom. The van der Waals surface area contributed by atoms with Crippen molar-refractivity contribution < 1.29 is 33.4 Å². The summed E-state index contributed by atoms with van der Waals surface area (Å²) in [6.07, 6.45) is 0.782. The third-order valence-corrected chi connectivity index (χ3v) is 6.20.